The van der Waals surface area contributed by atoms with Crippen molar-refractivity contribution in [2.75, 3.05) is 0 Å². The average molecular weight is 198 g/mol. The Morgan fingerprint density at radius 1 is 1.46 bits per heavy atom. The lowest BCUT2D eigenvalue weighted by molar-refractivity contribution is -0.142. The van der Waals surface area contributed by atoms with E-state index in [1.165, 1.54) is 19.1 Å². The summed E-state index contributed by atoms with van der Waals surface area (Å²) in [5.41, 5.74) is 0. The molecule has 0 saturated carbocycles. The normalized spacial score (nSPS) is 31.7. The number of carbonyl (C=O) groups is 2. The summed E-state index contributed by atoms with van der Waals surface area (Å²) < 4.78 is -1.19. The SMILES string of the molecule is CC(=O)C1(S)C=CC=CC1C(=O)O. The maximum atomic E-state index is 11.2. The van der Waals surface area contributed by atoms with E-state index in [2.05, 4.69) is 12.6 Å². The first-order chi connectivity index (χ1) is 5.98. The van der Waals surface area contributed by atoms with Crippen molar-refractivity contribution < 1.29 is 14.7 Å². The van der Waals surface area contributed by atoms with Gasteiger partial charge in [0.25, 0.3) is 0 Å². The van der Waals surface area contributed by atoms with Gasteiger partial charge in [-0.15, -0.1) is 0 Å². The van der Waals surface area contributed by atoms with E-state index in [1.54, 1.807) is 12.2 Å². The Kier molecular flexibility index (Phi) is 2.61. The molecule has 4 heteroatoms. The molecule has 0 aromatic carbocycles. The van der Waals surface area contributed by atoms with Crippen LogP contribution in [-0.4, -0.2) is 21.6 Å². The highest BCUT2D eigenvalue weighted by molar-refractivity contribution is 7.83. The number of allylic oxidation sites excluding steroid dienone is 2. The number of carbonyl (C=O) groups excluding carboxylic acids is 1. The largest absolute Gasteiger partial charge is 0.481 e. The molecule has 0 saturated heterocycles. The molecule has 2 atom stereocenters. The third kappa shape index (κ3) is 1.67. The van der Waals surface area contributed by atoms with Crippen molar-refractivity contribution in [3.63, 3.8) is 0 Å². The Hall–Kier alpha value is -1.03. The maximum absolute atomic E-state index is 11.2. The third-order valence-corrected chi connectivity index (χ3v) is 2.81. The average Bonchev–Trinajstić information content (AvgIpc) is 2.04. The molecule has 2 unspecified atom stereocenters. The van der Waals surface area contributed by atoms with Gasteiger partial charge in [-0.1, -0.05) is 24.3 Å². The van der Waals surface area contributed by atoms with Gasteiger partial charge in [-0.25, -0.2) is 0 Å². The third-order valence-electron chi connectivity index (χ3n) is 2.07. The molecule has 0 amide bonds. The monoisotopic (exact) mass is 198 g/mol. The second kappa shape index (κ2) is 3.38. The van der Waals surface area contributed by atoms with Crippen LogP contribution in [-0.2, 0) is 9.59 Å². The molecule has 1 rings (SSSR count). The molecule has 13 heavy (non-hydrogen) atoms. The molecule has 1 N–H and O–H groups in total. The minimum atomic E-state index is -1.19. The van der Waals surface area contributed by atoms with Crippen LogP contribution in [0.3, 0.4) is 0 Å². The van der Waals surface area contributed by atoms with Gasteiger partial charge in [-0.2, -0.15) is 12.6 Å². The van der Waals surface area contributed by atoms with Crippen LogP contribution in [0.5, 0.6) is 0 Å². The van der Waals surface area contributed by atoms with E-state index in [0.29, 0.717) is 0 Å². The van der Waals surface area contributed by atoms with E-state index >= 15 is 0 Å². The predicted molar refractivity (Wildman–Crippen MR) is 51.8 cm³/mol. The zero-order valence-electron chi connectivity index (χ0n) is 7.10. The van der Waals surface area contributed by atoms with Crippen LogP contribution in [0, 0.1) is 5.92 Å². The van der Waals surface area contributed by atoms with Crippen molar-refractivity contribution in [2.24, 2.45) is 5.92 Å². The number of rotatable bonds is 2. The van der Waals surface area contributed by atoms with Crippen LogP contribution < -0.4 is 0 Å². The molecule has 70 valence electrons. The molecular formula is C9H10O3S. The van der Waals surface area contributed by atoms with Gasteiger partial charge in [-0.3, -0.25) is 9.59 Å². The molecular weight excluding hydrogens is 188 g/mol. The first-order valence-electron chi connectivity index (χ1n) is 3.80. The number of hydrogen-bond acceptors (Lipinski definition) is 3. The molecule has 0 radical (unpaired) electrons. The molecule has 1 aliphatic carbocycles. The highest BCUT2D eigenvalue weighted by Crippen LogP contribution is 2.32. The minimum Gasteiger partial charge on any atom is -0.481 e. The Labute approximate surface area is 81.5 Å². The van der Waals surface area contributed by atoms with E-state index < -0.39 is 16.6 Å². The van der Waals surface area contributed by atoms with Crippen molar-refractivity contribution in [3.05, 3.63) is 24.3 Å². The lowest BCUT2D eigenvalue weighted by Gasteiger charge is -2.28. The van der Waals surface area contributed by atoms with Crippen LogP contribution in [0.2, 0.25) is 0 Å². The summed E-state index contributed by atoms with van der Waals surface area (Å²) in [5, 5.41) is 8.84. The van der Waals surface area contributed by atoms with Crippen LogP contribution in [0.25, 0.3) is 0 Å². The number of carboxylic acids is 1. The Morgan fingerprint density at radius 3 is 2.46 bits per heavy atom. The molecule has 0 aromatic rings. The summed E-state index contributed by atoms with van der Waals surface area (Å²) in [4.78, 5) is 22.0. The molecule has 0 aliphatic heterocycles. The number of hydrogen-bond donors (Lipinski definition) is 2. The Morgan fingerprint density at radius 2 is 2.08 bits per heavy atom. The van der Waals surface area contributed by atoms with E-state index in [4.69, 9.17) is 5.11 Å². The van der Waals surface area contributed by atoms with Crippen LogP contribution in [0.1, 0.15) is 6.92 Å². The summed E-state index contributed by atoms with van der Waals surface area (Å²) in [7, 11) is 0. The molecule has 3 nitrogen and oxygen atoms in total. The Bertz CT molecular complexity index is 306. The Balaban J connectivity index is 3.07. The molecule has 0 heterocycles. The zero-order valence-corrected chi connectivity index (χ0v) is 7.99. The number of ketones is 1. The second-order valence-electron chi connectivity index (χ2n) is 2.94. The van der Waals surface area contributed by atoms with Gasteiger partial charge in [0.15, 0.2) is 5.78 Å². The van der Waals surface area contributed by atoms with Crippen molar-refractivity contribution in [1.29, 1.82) is 0 Å². The lowest BCUT2D eigenvalue weighted by Crippen LogP contribution is -2.41. The van der Waals surface area contributed by atoms with E-state index in [0.717, 1.165) is 0 Å². The summed E-state index contributed by atoms with van der Waals surface area (Å²) in [6.07, 6.45) is 6.22. The van der Waals surface area contributed by atoms with Gasteiger partial charge in [0.1, 0.15) is 4.75 Å². The molecule has 0 spiro atoms. The van der Waals surface area contributed by atoms with E-state index in [9.17, 15) is 9.59 Å². The van der Waals surface area contributed by atoms with Gasteiger partial charge in [-0.05, 0) is 6.92 Å². The van der Waals surface area contributed by atoms with Crippen LogP contribution in [0.15, 0.2) is 24.3 Å². The van der Waals surface area contributed by atoms with Crippen LogP contribution >= 0.6 is 12.6 Å². The number of carboxylic acid groups (broad SMARTS) is 1. The van der Waals surface area contributed by atoms with Crippen LogP contribution in [0.4, 0.5) is 0 Å². The van der Waals surface area contributed by atoms with Crippen molar-refractivity contribution >= 4 is 24.4 Å². The number of Topliss-reactive ketones (excluding diaryl/α,β-unsaturated/α-hetero) is 1. The lowest BCUT2D eigenvalue weighted by atomic mass is 9.84. The first kappa shape index (κ1) is 10.1. The molecule has 1 aliphatic rings. The van der Waals surface area contributed by atoms with Gasteiger partial charge in [0.05, 0.1) is 5.92 Å². The number of aliphatic carboxylic acids is 1. The van der Waals surface area contributed by atoms with E-state index in [-0.39, 0.29) is 5.78 Å². The topological polar surface area (TPSA) is 54.4 Å². The highest BCUT2D eigenvalue weighted by atomic mass is 32.1. The van der Waals surface area contributed by atoms with Gasteiger partial charge >= 0.3 is 5.97 Å². The fourth-order valence-corrected chi connectivity index (χ4v) is 1.52. The molecule has 0 aromatic heterocycles. The minimum absolute atomic E-state index is 0.260. The van der Waals surface area contributed by atoms with E-state index in [1.807, 2.05) is 0 Å². The molecule has 0 bridgehead atoms. The fourth-order valence-electron chi connectivity index (χ4n) is 1.23. The quantitative estimate of drug-likeness (QED) is 0.652. The standard InChI is InChI=1S/C9H10O3S/c1-6(10)9(13)5-3-2-4-7(9)8(11)12/h2-5,7,13H,1H3,(H,11,12). The summed E-state index contributed by atoms with van der Waals surface area (Å²) in [5.74, 6) is -2.17. The molecule has 0 fully saturated rings. The highest BCUT2D eigenvalue weighted by Gasteiger charge is 2.41. The summed E-state index contributed by atoms with van der Waals surface area (Å²) >= 11 is 4.11. The smallest absolute Gasteiger partial charge is 0.312 e. The van der Waals surface area contributed by atoms with Gasteiger partial charge in [0, 0.05) is 0 Å². The first-order valence-corrected chi connectivity index (χ1v) is 4.25. The maximum Gasteiger partial charge on any atom is 0.312 e. The predicted octanol–water partition coefficient (Wildman–Crippen LogP) is 1.07. The number of thiol groups is 1. The van der Waals surface area contributed by atoms with Gasteiger partial charge < -0.3 is 5.11 Å². The zero-order chi connectivity index (χ0) is 10.1. The van der Waals surface area contributed by atoms with Gasteiger partial charge in [0.2, 0.25) is 0 Å². The summed E-state index contributed by atoms with van der Waals surface area (Å²) in [6.45, 7) is 1.34. The van der Waals surface area contributed by atoms with Crippen molar-refractivity contribution in [3.8, 4) is 0 Å². The van der Waals surface area contributed by atoms with Crippen molar-refractivity contribution in [1.82, 2.24) is 0 Å². The van der Waals surface area contributed by atoms with Crippen molar-refractivity contribution in [2.45, 2.75) is 11.7 Å². The fraction of sp³-hybridized carbons (Fsp3) is 0.333. The summed E-state index contributed by atoms with van der Waals surface area (Å²) in [6, 6.07) is 0. The second-order valence-corrected chi connectivity index (χ2v) is 3.68.